The zero-order valence-corrected chi connectivity index (χ0v) is 16.7. The molecule has 0 aliphatic rings. The van der Waals surface area contributed by atoms with Crippen LogP contribution in [0.1, 0.15) is 46.2 Å². The Morgan fingerprint density at radius 2 is 2.04 bits per heavy atom. The highest BCUT2D eigenvalue weighted by molar-refractivity contribution is 9.10. The smallest absolute Gasteiger partial charge is 0.271 e. The second kappa shape index (κ2) is 7.05. The molecule has 0 aliphatic heterocycles. The van der Waals surface area contributed by atoms with Crippen LogP contribution in [-0.4, -0.2) is 15.5 Å². The van der Waals surface area contributed by atoms with Gasteiger partial charge in [0.05, 0.1) is 5.56 Å². The summed E-state index contributed by atoms with van der Waals surface area (Å²) in [5.41, 5.74) is 0.483. The minimum atomic E-state index is -0.601. The van der Waals surface area contributed by atoms with Crippen molar-refractivity contribution in [2.24, 2.45) is 0 Å². The van der Waals surface area contributed by atoms with Gasteiger partial charge in [-0.05, 0) is 44.0 Å². The van der Waals surface area contributed by atoms with Crippen LogP contribution in [0.5, 0.6) is 5.88 Å². The van der Waals surface area contributed by atoms with Gasteiger partial charge in [0, 0.05) is 22.0 Å². The Morgan fingerprint density at radius 3 is 2.67 bits per heavy atom. The van der Waals surface area contributed by atoms with E-state index in [1.807, 2.05) is 19.1 Å². The molecule has 27 heavy (non-hydrogen) atoms. The second-order valence-electron chi connectivity index (χ2n) is 6.29. The topological polar surface area (TPSA) is 96.2 Å². The average molecular weight is 429 g/mol. The molecule has 0 unspecified atom stereocenters. The number of carbonyl (C=O) groups excluding carboxylic acids is 1. The molecule has 2 heterocycles. The summed E-state index contributed by atoms with van der Waals surface area (Å²) >= 11 is 3.39. The summed E-state index contributed by atoms with van der Waals surface area (Å²) in [6.07, 6.45) is 0.562. The maximum Gasteiger partial charge on any atom is 0.271 e. The van der Waals surface area contributed by atoms with Crippen molar-refractivity contribution in [3.63, 3.8) is 0 Å². The summed E-state index contributed by atoms with van der Waals surface area (Å²) < 4.78 is 7.64. The molecule has 138 valence electrons. The highest BCUT2D eigenvalue weighted by atomic mass is 79.9. The zero-order valence-electron chi connectivity index (χ0n) is 15.1. The van der Waals surface area contributed by atoms with E-state index in [0.717, 1.165) is 14.4 Å². The van der Waals surface area contributed by atoms with Crippen molar-refractivity contribution in [3.05, 3.63) is 61.0 Å². The van der Waals surface area contributed by atoms with Crippen LogP contribution in [0.2, 0.25) is 0 Å². The van der Waals surface area contributed by atoms with Gasteiger partial charge in [0.15, 0.2) is 5.76 Å². The predicted molar refractivity (Wildman–Crippen MR) is 104 cm³/mol. The molecule has 0 spiro atoms. The summed E-state index contributed by atoms with van der Waals surface area (Å²) in [5.74, 6) is -0.923. The standard InChI is InChI=1S/C20H17BrN2O4/c1-4-7-23-19(25)14(9-22)10(2)16(20(23)26)17(24)18-11(3)13-8-12(21)5-6-15(13)27-18/h5-6,8,26H,4,7H2,1-3H3. The summed E-state index contributed by atoms with van der Waals surface area (Å²) in [5, 5.41) is 20.8. The van der Waals surface area contributed by atoms with Crippen LogP contribution in [0.4, 0.5) is 0 Å². The van der Waals surface area contributed by atoms with Crippen molar-refractivity contribution in [2.45, 2.75) is 33.7 Å². The van der Waals surface area contributed by atoms with Gasteiger partial charge < -0.3 is 9.52 Å². The van der Waals surface area contributed by atoms with E-state index in [1.165, 1.54) is 6.92 Å². The molecule has 0 atom stereocenters. The van der Waals surface area contributed by atoms with Gasteiger partial charge in [0.2, 0.25) is 11.7 Å². The molecule has 0 bridgehead atoms. The lowest BCUT2D eigenvalue weighted by atomic mass is 9.98. The molecule has 6 nitrogen and oxygen atoms in total. The van der Waals surface area contributed by atoms with Crippen LogP contribution in [0.25, 0.3) is 11.0 Å². The molecular formula is C20H17BrN2O4. The maximum absolute atomic E-state index is 13.2. The van der Waals surface area contributed by atoms with Crippen LogP contribution in [-0.2, 0) is 6.54 Å². The summed E-state index contributed by atoms with van der Waals surface area (Å²) in [7, 11) is 0. The summed E-state index contributed by atoms with van der Waals surface area (Å²) in [6, 6.07) is 7.24. The van der Waals surface area contributed by atoms with E-state index in [9.17, 15) is 20.0 Å². The zero-order chi connectivity index (χ0) is 19.9. The molecule has 0 saturated heterocycles. The van der Waals surface area contributed by atoms with Gasteiger partial charge >= 0.3 is 0 Å². The van der Waals surface area contributed by atoms with Crippen LogP contribution in [0, 0.1) is 25.2 Å². The van der Waals surface area contributed by atoms with Crippen molar-refractivity contribution < 1.29 is 14.3 Å². The van der Waals surface area contributed by atoms with Crippen molar-refractivity contribution in [3.8, 4) is 11.9 Å². The number of aromatic hydroxyl groups is 1. The largest absolute Gasteiger partial charge is 0.494 e. The molecule has 0 aliphatic carbocycles. The van der Waals surface area contributed by atoms with Crippen LogP contribution >= 0.6 is 15.9 Å². The fraction of sp³-hybridized carbons (Fsp3) is 0.250. The third kappa shape index (κ3) is 2.96. The molecule has 1 N–H and O–H groups in total. The van der Waals surface area contributed by atoms with E-state index in [4.69, 9.17) is 4.42 Å². The number of fused-ring (bicyclic) bond motifs is 1. The molecule has 7 heteroatoms. The Hall–Kier alpha value is -2.85. The van der Waals surface area contributed by atoms with Crippen molar-refractivity contribution in [2.75, 3.05) is 0 Å². The minimum absolute atomic E-state index is 0.0760. The van der Waals surface area contributed by atoms with Gasteiger partial charge in [-0.1, -0.05) is 22.9 Å². The van der Waals surface area contributed by atoms with Crippen LogP contribution in [0.3, 0.4) is 0 Å². The first kappa shape index (κ1) is 18.9. The molecule has 2 aromatic heterocycles. The lowest BCUT2D eigenvalue weighted by molar-refractivity contribution is 0.100. The Bertz CT molecular complexity index is 1180. The first-order valence-electron chi connectivity index (χ1n) is 8.41. The number of carbonyl (C=O) groups is 1. The molecule has 3 aromatic rings. The van der Waals surface area contributed by atoms with Gasteiger partial charge in [-0.2, -0.15) is 5.26 Å². The Balaban J connectivity index is 2.30. The van der Waals surface area contributed by atoms with Crippen LogP contribution < -0.4 is 5.56 Å². The van der Waals surface area contributed by atoms with Crippen molar-refractivity contribution in [1.82, 2.24) is 4.57 Å². The fourth-order valence-corrected chi connectivity index (χ4v) is 3.54. The molecule has 0 amide bonds. The van der Waals surface area contributed by atoms with Gasteiger partial charge in [0.25, 0.3) is 5.56 Å². The van der Waals surface area contributed by atoms with E-state index >= 15 is 0 Å². The highest BCUT2D eigenvalue weighted by Crippen LogP contribution is 2.32. The normalized spacial score (nSPS) is 10.9. The molecule has 0 saturated carbocycles. The van der Waals surface area contributed by atoms with E-state index < -0.39 is 17.2 Å². The van der Waals surface area contributed by atoms with E-state index in [2.05, 4.69) is 15.9 Å². The number of pyridine rings is 1. The van der Waals surface area contributed by atoms with Gasteiger partial charge in [-0.3, -0.25) is 14.2 Å². The Morgan fingerprint density at radius 1 is 1.33 bits per heavy atom. The fourth-order valence-electron chi connectivity index (χ4n) is 3.18. The highest BCUT2D eigenvalue weighted by Gasteiger charge is 2.28. The number of hydrogen-bond donors (Lipinski definition) is 1. The van der Waals surface area contributed by atoms with E-state index in [-0.39, 0.29) is 29.0 Å². The third-order valence-electron chi connectivity index (χ3n) is 4.58. The number of nitriles is 1. The first-order valence-corrected chi connectivity index (χ1v) is 9.20. The van der Waals surface area contributed by atoms with Gasteiger partial charge in [-0.15, -0.1) is 0 Å². The molecule has 1 aromatic carbocycles. The van der Waals surface area contributed by atoms with Gasteiger partial charge in [0.1, 0.15) is 17.2 Å². The van der Waals surface area contributed by atoms with E-state index in [1.54, 1.807) is 19.1 Å². The van der Waals surface area contributed by atoms with E-state index in [0.29, 0.717) is 17.6 Å². The average Bonchev–Trinajstić information content (AvgIpc) is 2.95. The lowest BCUT2D eigenvalue weighted by Gasteiger charge is -2.14. The maximum atomic E-state index is 13.2. The molecule has 0 radical (unpaired) electrons. The summed E-state index contributed by atoms with van der Waals surface area (Å²) in [6.45, 7) is 5.27. The number of hydrogen-bond acceptors (Lipinski definition) is 5. The minimum Gasteiger partial charge on any atom is -0.494 e. The SMILES string of the molecule is CCCn1c(O)c(C(=O)c2oc3ccc(Br)cc3c2C)c(C)c(C#N)c1=O. The Kier molecular flexibility index (Phi) is 4.94. The summed E-state index contributed by atoms with van der Waals surface area (Å²) in [4.78, 5) is 25.6. The number of nitrogens with zero attached hydrogens (tertiary/aromatic N) is 2. The lowest BCUT2D eigenvalue weighted by Crippen LogP contribution is -2.26. The van der Waals surface area contributed by atoms with Crippen molar-refractivity contribution in [1.29, 1.82) is 5.26 Å². The molecule has 0 fully saturated rings. The number of benzene rings is 1. The number of aromatic nitrogens is 1. The van der Waals surface area contributed by atoms with Gasteiger partial charge in [-0.25, -0.2) is 0 Å². The first-order chi connectivity index (χ1) is 12.8. The Labute approximate surface area is 163 Å². The predicted octanol–water partition coefficient (Wildman–Crippen LogP) is 4.19. The van der Waals surface area contributed by atoms with Crippen LogP contribution in [0.15, 0.2) is 31.9 Å². The monoisotopic (exact) mass is 428 g/mol. The molecule has 3 rings (SSSR count). The number of furan rings is 1. The third-order valence-corrected chi connectivity index (χ3v) is 5.07. The number of halogens is 1. The number of ketones is 1. The number of rotatable bonds is 4. The second-order valence-corrected chi connectivity index (χ2v) is 7.21. The quantitative estimate of drug-likeness (QED) is 0.628. The van der Waals surface area contributed by atoms with Crippen molar-refractivity contribution >= 4 is 32.7 Å². The number of aryl methyl sites for hydroxylation is 1. The molecular weight excluding hydrogens is 412 g/mol.